The first-order valence-corrected chi connectivity index (χ1v) is 9.80. The number of ether oxygens (including phenoxy) is 3. The lowest BCUT2D eigenvalue weighted by Gasteiger charge is -2.22. The van der Waals surface area contributed by atoms with Gasteiger partial charge in [-0.05, 0) is 48.9 Å². The summed E-state index contributed by atoms with van der Waals surface area (Å²) >= 11 is 0. The third kappa shape index (κ3) is 4.07. The number of imide groups is 1. The summed E-state index contributed by atoms with van der Waals surface area (Å²) < 4.78 is 15.3. The normalized spacial score (nSPS) is 19.0. The third-order valence-electron chi connectivity index (χ3n) is 5.23. The molecule has 2 aromatic carbocycles. The van der Waals surface area contributed by atoms with Gasteiger partial charge in [0.05, 0.1) is 12.7 Å². The van der Waals surface area contributed by atoms with Crippen molar-refractivity contribution in [2.24, 2.45) is 0 Å². The van der Waals surface area contributed by atoms with Crippen molar-refractivity contribution < 1.29 is 33.4 Å². The number of hydrogen-bond donors (Lipinski definition) is 2. The van der Waals surface area contributed by atoms with E-state index in [4.69, 9.17) is 9.47 Å². The molecule has 10 heteroatoms. The predicted octanol–water partition coefficient (Wildman–Crippen LogP) is 1.69. The number of methoxy groups -OCH3 is 1. The van der Waals surface area contributed by atoms with E-state index in [0.29, 0.717) is 22.7 Å². The number of benzene rings is 2. The summed E-state index contributed by atoms with van der Waals surface area (Å²) in [5.41, 5.74) is 0.326. The molecule has 32 heavy (non-hydrogen) atoms. The summed E-state index contributed by atoms with van der Waals surface area (Å²) in [4.78, 5) is 50.2. The maximum Gasteiger partial charge on any atom is 0.337 e. The van der Waals surface area contributed by atoms with Gasteiger partial charge in [0.1, 0.15) is 12.1 Å². The fourth-order valence-corrected chi connectivity index (χ4v) is 3.62. The number of anilines is 1. The van der Waals surface area contributed by atoms with Crippen LogP contribution in [0.3, 0.4) is 0 Å². The number of urea groups is 1. The van der Waals surface area contributed by atoms with Gasteiger partial charge < -0.3 is 24.8 Å². The highest BCUT2D eigenvalue weighted by Gasteiger charge is 2.48. The van der Waals surface area contributed by atoms with Crippen molar-refractivity contribution in [3.63, 3.8) is 0 Å². The first kappa shape index (κ1) is 21.2. The molecule has 1 fully saturated rings. The predicted molar refractivity (Wildman–Crippen MR) is 111 cm³/mol. The highest BCUT2D eigenvalue weighted by molar-refractivity contribution is 6.10. The van der Waals surface area contributed by atoms with E-state index in [1.807, 2.05) is 0 Å². The first-order chi connectivity index (χ1) is 15.3. The number of amides is 4. The number of fused-ring (bicyclic) bond motifs is 1. The van der Waals surface area contributed by atoms with Crippen molar-refractivity contribution in [1.82, 2.24) is 10.2 Å². The Labute approximate surface area is 183 Å². The minimum Gasteiger partial charge on any atom is -0.465 e. The van der Waals surface area contributed by atoms with Crippen LogP contribution in [-0.4, -0.2) is 54.7 Å². The zero-order valence-corrected chi connectivity index (χ0v) is 17.5. The van der Waals surface area contributed by atoms with Crippen LogP contribution in [0.15, 0.2) is 42.5 Å². The van der Waals surface area contributed by atoms with Crippen LogP contribution in [0.25, 0.3) is 0 Å². The van der Waals surface area contributed by atoms with Crippen LogP contribution in [-0.2, 0) is 20.7 Å². The monoisotopic (exact) mass is 439 g/mol. The molecule has 2 N–H and O–H groups in total. The standard InChI is InChI=1S/C22H21N3O7/c1-22(10-13-3-8-16-17(9-13)32-12-31-16)20(28)25(21(29)24-22)11-18(26)23-15-6-4-14(5-7-15)19(27)30-2/h3-9H,10-12H2,1-2H3,(H,23,26)(H,24,29). The van der Waals surface area contributed by atoms with Gasteiger partial charge in [-0.3, -0.25) is 14.5 Å². The van der Waals surface area contributed by atoms with Crippen molar-refractivity contribution >= 4 is 29.5 Å². The Morgan fingerprint density at radius 1 is 1.12 bits per heavy atom. The molecule has 4 amide bonds. The number of nitrogens with one attached hydrogen (secondary N) is 2. The van der Waals surface area contributed by atoms with E-state index in [-0.39, 0.29) is 13.2 Å². The molecule has 10 nitrogen and oxygen atoms in total. The molecule has 0 spiro atoms. The number of hydrogen-bond acceptors (Lipinski definition) is 7. The van der Waals surface area contributed by atoms with Crippen molar-refractivity contribution in [2.45, 2.75) is 18.9 Å². The molecule has 0 aromatic heterocycles. The van der Waals surface area contributed by atoms with E-state index in [9.17, 15) is 19.2 Å². The van der Waals surface area contributed by atoms with Crippen molar-refractivity contribution in [2.75, 3.05) is 25.8 Å². The van der Waals surface area contributed by atoms with Crippen LogP contribution in [0.5, 0.6) is 11.5 Å². The second kappa shape index (κ2) is 8.22. The summed E-state index contributed by atoms with van der Waals surface area (Å²) in [6.45, 7) is 1.31. The molecule has 4 rings (SSSR count). The molecular formula is C22H21N3O7. The Bertz CT molecular complexity index is 1100. The van der Waals surface area contributed by atoms with Gasteiger partial charge in [-0.15, -0.1) is 0 Å². The lowest BCUT2D eigenvalue weighted by molar-refractivity contribution is -0.133. The molecule has 1 saturated heterocycles. The van der Waals surface area contributed by atoms with Gasteiger partial charge in [-0.25, -0.2) is 9.59 Å². The second-order valence-corrected chi connectivity index (χ2v) is 7.64. The molecule has 2 aromatic rings. The highest BCUT2D eigenvalue weighted by Crippen LogP contribution is 2.34. The zero-order chi connectivity index (χ0) is 22.9. The maximum absolute atomic E-state index is 13.0. The quantitative estimate of drug-likeness (QED) is 0.519. The fourth-order valence-electron chi connectivity index (χ4n) is 3.62. The Balaban J connectivity index is 1.40. The number of esters is 1. The molecule has 166 valence electrons. The summed E-state index contributed by atoms with van der Waals surface area (Å²) in [6, 6.07) is 10.7. The molecule has 2 aliphatic rings. The van der Waals surface area contributed by atoms with Gasteiger partial charge in [-0.2, -0.15) is 0 Å². The number of nitrogens with zero attached hydrogens (tertiary/aromatic N) is 1. The van der Waals surface area contributed by atoms with E-state index in [1.165, 1.54) is 31.4 Å². The Morgan fingerprint density at radius 3 is 2.56 bits per heavy atom. The Kier molecular flexibility index (Phi) is 5.43. The average Bonchev–Trinajstić information content (AvgIpc) is 3.31. The number of carbonyl (C=O) groups excluding carboxylic acids is 4. The largest absolute Gasteiger partial charge is 0.465 e. The van der Waals surface area contributed by atoms with Gasteiger partial charge in [0, 0.05) is 12.1 Å². The Hall–Kier alpha value is -4.08. The summed E-state index contributed by atoms with van der Waals surface area (Å²) in [7, 11) is 1.27. The van der Waals surface area contributed by atoms with Crippen LogP contribution in [0.2, 0.25) is 0 Å². The SMILES string of the molecule is COC(=O)c1ccc(NC(=O)CN2C(=O)NC(C)(Cc3ccc4c(c3)OCO4)C2=O)cc1. The molecule has 0 bridgehead atoms. The maximum atomic E-state index is 13.0. The Morgan fingerprint density at radius 2 is 1.84 bits per heavy atom. The third-order valence-corrected chi connectivity index (χ3v) is 5.23. The summed E-state index contributed by atoms with van der Waals surface area (Å²) in [6.07, 6.45) is 0.224. The minimum absolute atomic E-state index is 0.139. The molecule has 0 aliphatic carbocycles. The van der Waals surface area contributed by atoms with E-state index in [2.05, 4.69) is 15.4 Å². The lowest BCUT2D eigenvalue weighted by atomic mass is 9.92. The number of carbonyl (C=O) groups is 4. The molecule has 0 saturated carbocycles. The fraction of sp³-hybridized carbons (Fsp3) is 0.273. The van der Waals surface area contributed by atoms with E-state index in [1.54, 1.807) is 25.1 Å². The smallest absolute Gasteiger partial charge is 0.337 e. The van der Waals surface area contributed by atoms with Crippen molar-refractivity contribution in [3.05, 3.63) is 53.6 Å². The first-order valence-electron chi connectivity index (χ1n) is 9.80. The molecule has 0 radical (unpaired) electrons. The van der Waals surface area contributed by atoms with Crippen molar-refractivity contribution in [3.8, 4) is 11.5 Å². The van der Waals surface area contributed by atoms with E-state index in [0.717, 1.165) is 10.5 Å². The molecule has 2 heterocycles. The number of rotatable bonds is 6. The topological polar surface area (TPSA) is 123 Å². The van der Waals surface area contributed by atoms with Crippen LogP contribution in [0.1, 0.15) is 22.8 Å². The van der Waals surface area contributed by atoms with Gasteiger partial charge in [0.15, 0.2) is 11.5 Å². The molecule has 2 aliphatic heterocycles. The second-order valence-electron chi connectivity index (χ2n) is 7.64. The van der Waals surface area contributed by atoms with Crippen LogP contribution >= 0.6 is 0 Å². The molecular weight excluding hydrogens is 418 g/mol. The van der Waals surface area contributed by atoms with Crippen LogP contribution < -0.4 is 20.1 Å². The zero-order valence-electron chi connectivity index (χ0n) is 17.5. The van der Waals surface area contributed by atoms with Gasteiger partial charge in [0.25, 0.3) is 5.91 Å². The van der Waals surface area contributed by atoms with Crippen molar-refractivity contribution in [1.29, 1.82) is 0 Å². The lowest BCUT2D eigenvalue weighted by Crippen LogP contribution is -2.46. The molecule has 1 unspecified atom stereocenters. The van der Waals surface area contributed by atoms with Gasteiger partial charge in [-0.1, -0.05) is 6.07 Å². The van der Waals surface area contributed by atoms with Gasteiger partial charge in [0.2, 0.25) is 12.7 Å². The summed E-state index contributed by atoms with van der Waals surface area (Å²) in [5.74, 6) is -0.345. The van der Waals surface area contributed by atoms with Crippen LogP contribution in [0.4, 0.5) is 10.5 Å². The van der Waals surface area contributed by atoms with E-state index < -0.39 is 35.9 Å². The van der Waals surface area contributed by atoms with Gasteiger partial charge >= 0.3 is 12.0 Å². The van der Waals surface area contributed by atoms with E-state index >= 15 is 0 Å². The van der Waals surface area contributed by atoms with Crippen LogP contribution in [0, 0.1) is 0 Å². The minimum atomic E-state index is -1.20. The highest BCUT2D eigenvalue weighted by atomic mass is 16.7. The molecule has 1 atom stereocenters. The average molecular weight is 439 g/mol. The summed E-state index contributed by atoms with van der Waals surface area (Å²) in [5, 5.41) is 5.28.